The Morgan fingerprint density at radius 3 is 2.05 bits per heavy atom. The number of hydrogen-bond acceptors (Lipinski definition) is 2. The molecule has 0 saturated heterocycles. The van der Waals surface area contributed by atoms with E-state index in [1.54, 1.807) is 7.11 Å². The van der Waals surface area contributed by atoms with Gasteiger partial charge in [-0.2, -0.15) is 0 Å². The van der Waals surface area contributed by atoms with Gasteiger partial charge in [0, 0.05) is 5.56 Å². The summed E-state index contributed by atoms with van der Waals surface area (Å²) in [6, 6.07) is 7.56. The fourth-order valence-electron chi connectivity index (χ4n) is 5.67. The lowest BCUT2D eigenvalue weighted by Gasteiger charge is -2.58. The fourth-order valence-corrected chi connectivity index (χ4v) is 6.49. The van der Waals surface area contributed by atoms with Crippen molar-refractivity contribution in [3.05, 3.63) is 29.8 Å². The Kier molecular flexibility index (Phi) is 3.60. The third-order valence-corrected chi connectivity index (χ3v) is 7.62. The number of Topliss-reactive ketones (excluding diaryl/α,β-unsaturated/α-hetero) is 1. The Bertz CT molecular complexity index is 542. The smallest absolute Gasteiger partial charge is 0.177 e. The summed E-state index contributed by atoms with van der Waals surface area (Å²) in [4.78, 5) is 12.9. The van der Waals surface area contributed by atoms with Gasteiger partial charge in [-0.3, -0.25) is 4.79 Å². The molecule has 4 bridgehead atoms. The largest absolute Gasteiger partial charge is 0.497 e. The van der Waals surface area contributed by atoms with Gasteiger partial charge in [0.1, 0.15) is 5.75 Å². The average Bonchev–Trinajstić information content (AvgIpc) is 2.52. The maximum atomic E-state index is 13.0. The van der Waals surface area contributed by atoms with Crippen LogP contribution in [-0.4, -0.2) is 17.7 Å². The van der Waals surface area contributed by atoms with Crippen LogP contribution < -0.4 is 4.74 Å². The zero-order valence-corrected chi connectivity index (χ0v) is 14.6. The summed E-state index contributed by atoms with van der Waals surface area (Å²) in [7, 11) is 1.65. The van der Waals surface area contributed by atoms with E-state index in [1.165, 1.54) is 38.5 Å². The van der Waals surface area contributed by atoms with Crippen LogP contribution in [0.2, 0.25) is 0 Å². The predicted molar refractivity (Wildman–Crippen MR) is 90.6 cm³/mol. The standard InChI is InChI=1S/C19H23BrO2/c1-22-16-4-2-15(3-5-16)17(21)18(20)19-9-12-6-13(10-19)8-14(7-12)11-19/h2-5,12-14,18H,6-11H2,1H3. The summed E-state index contributed by atoms with van der Waals surface area (Å²) in [6.45, 7) is 0. The molecule has 3 heteroatoms. The minimum atomic E-state index is -0.0261. The minimum Gasteiger partial charge on any atom is -0.497 e. The molecule has 5 rings (SSSR count). The van der Waals surface area contributed by atoms with Crippen molar-refractivity contribution < 1.29 is 9.53 Å². The van der Waals surface area contributed by atoms with Gasteiger partial charge in [-0.1, -0.05) is 15.9 Å². The van der Waals surface area contributed by atoms with E-state index in [0.29, 0.717) is 0 Å². The molecule has 4 aliphatic carbocycles. The summed E-state index contributed by atoms with van der Waals surface area (Å²) < 4.78 is 5.19. The normalized spacial score (nSPS) is 37.1. The number of rotatable bonds is 4. The van der Waals surface area contributed by atoms with Crippen molar-refractivity contribution in [3.8, 4) is 5.75 Å². The van der Waals surface area contributed by atoms with Gasteiger partial charge in [0.2, 0.25) is 0 Å². The van der Waals surface area contributed by atoms with Crippen molar-refractivity contribution >= 4 is 21.7 Å². The van der Waals surface area contributed by atoms with E-state index in [-0.39, 0.29) is 16.0 Å². The van der Waals surface area contributed by atoms with E-state index in [0.717, 1.165) is 29.1 Å². The highest BCUT2D eigenvalue weighted by Gasteiger charge is 2.55. The van der Waals surface area contributed by atoms with Gasteiger partial charge < -0.3 is 4.74 Å². The lowest BCUT2D eigenvalue weighted by Crippen LogP contribution is -2.52. The second-order valence-electron chi connectivity index (χ2n) is 7.74. The lowest BCUT2D eigenvalue weighted by atomic mass is 9.48. The minimum absolute atomic E-state index is 0.0261. The topological polar surface area (TPSA) is 26.3 Å². The van der Waals surface area contributed by atoms with Crippen LogP contribution >= 0.6 is 15.9 Å². The molecule has 1 aromatic carbocycles. The number of methoxy groups -OCH3 is 1. The highest BCUT2D eigenvalue weighted by molar-refractivity contribution is 9.10. The first-order valence-electron chi connectivity index (χ1n) is 8.42. The molecule has 0 aromatic heterocycles. The molecule has 2 nitrogen and oxygen atoms in total. The number of carbonyl (C=O) groups is 1. The molecule has 4 fully saturated rings. The Labute approximate surface area is 140 Å². The predicted octanol–water partition coefficient (Wildman–Crippen LogP) is 4.86. The molecule has 0 aliphatic heterocycles. The number of benzene rings is 1. The average molecular weight is 363 g/mol. The van der Waals surface area contributed by atoms with Crippen molar-refractivity contribution in [2.75, 3.05) is 7.11 Å². The van der Waals surface area contributed by atoms with Crippen molar-refractivity contribution in [2.24, 2.45) is 23.2 Å². The van der Waals surface area contributed by atoms with Crippen molar-refractivity contribution in [1.82, 2.24) is 0 Å². The van der Waals surface area contributed by atoms with Crippen LogP contribution in [0.3, 0.4) is 0 Å². The summed E-state index contributed by atoms with van der Waals surface area (Å²) >= 11 is 3.82. The van der Waals surface area contributed by atoms with Gasteiger partial charge in [0.05, 0.1) is 11.9 Å². The van der Waals surface area contributed by atoms with E-state index in [9.17, 15) is 4.79 Å². The molecule has 0 heterocycles. The van der Waals surface area contributed by atoms with Gasteiger partial charge in [-0.25, -0.2) is 0 Å². The van der Waals surface area contributed by atoms with E-state index in [1.807, 2.05) is 24.3 Å². The number of ether oxygens (including phenoxy) is 1. The van der Waals surface area contributed by atoms with E-state index < -0.39 is 0 Å². The summed E-state index contributed by atoms with van der Waals surface area (Å²) in [5, 5.41) is 0. The van der Waals surface area contributed by atoms with Crippen LogP contribution in [0.5, 0.6) is 5.75 Å². The van der Waals surface area contributed by atoms with Crippen molar-refractivity contribution in [1.29, 1.82) is 0 Å². The third kappa shape index (κ3) is 2.33. The highest BCUT2D eigenvalue weighted by Crippen LogP contribution is 2.62. The number of hydrogen-bond donors (Lipinski definition) is 0. The first kappa shape index (κ1) is 14.7. The van der Waals surface area contributed by atoms with Gasteiger partial charge >= 0.3 is 0 Å². The van der Waals surface area contributed by atoms with Crippen LogP contribution in [0, 0.1) is 23.2 Å². The second-order valence-corrected chi connectivity index (χ2v) is 8.65. The van der Waals surface area contributed by atoms with Gasteiger partial charge in [0.25, 0.3) is 0 Å². The molecule has 1 atom stereocenters. The van der Waals surface area contributed by atoms with Crippen LogP contribution in [0.1, 0.15) is 48.9 Å². The van der Waals surface area contributed by atoms with Crippen molar-refractivity contribution in [3.63, 3.8) is 0 Å². The molecule has 1 unspecified atom stereocenters. The molecule has 0 spiro atoms. The monoisotopic (exact) mass is 362 g/mol. The van der Waals surface area contributed by atoms with Crippen LogP contribution in [0.4, 0.5) is 0 Å². The molecular formula is C19H23BrO2. The summed E-state index contributed by atoms with van der Waals surface area (Å²) in [5.74, 6) is 3.67. The SMILES string of the molecule is COc1ccc(C(=O)C(Br)C23CC4CC(CC(C4)C2)C3)cc1. The van der Waals surface area contributed by atoms with Crippen LogP contribution in [-0.2, 0) is 0 Å². The molecule has 118 valence electrons. The van der Waals surface area contributed by atoms with E-state index >= 15 is 0 Å². The molecular weight excluding hydrogens is 340 g/mol. The van der Waals surface area contributed by atoms with E-state index in [2.05, 4.69) is 15.9 Å². The van der Waals surface area contributed by atoms with Crippen molar-refractivity contribution in [2.45, 2.75) is 43.4 Å². The Morgan fingerprint density at radius 1 is 1.09 bits per heavy atom. The first-order valence-corrected chi connectivity index (χ1v) is 9.33. The molecule has 4 aliphatic rings. The molecule has 22 heavy (non-hydrogen) atoms. The summed E-state index contributed by atoms with van der Waals surface area (Å²) in [6.07, 6.45) is 7.98. The summed E-state index contributed by atoms with van der Waals surface area (Å²) in [5.41, 5.74) is 1.02. The van der Waals surface area contributed by atoms with Gasteiger partial charge in [-0.05, 0) is 86.0 Å². The third-order valence-electron chi connectivity index (χ3n) is 6.23. The molecule has 0 radical (unpaired) electrons. The van der Waals surface area contributed by atoms with Crippen LogP contribution in [0.25, 0.3) is 0 Å². The zero-order valence-electron chi connectivity index (χ0n) is 13.1. The Balaban J connectivity index is 1.57. The quantitative estimate of drug-likeness (QED) is 0.564. The van der Waals surface area contributed by atoms with E-state index in [4.69, 9.17) is 4.74 Å². The number of carbonyl (C=O) groups excluding carboxylic acids is 1. The zero-order chi connectivity index (χ0) is 15.3. The first-order chi connectivity index (χ1) is 10.6. The molecule has 0 N–H and O–H groups in total. The van der Waals surface area contributed by atoms with Crippen LogP contribution in [0.15, 0.2) is 24.3 Å². The van der Waals surface area contributed by atoms with Gasteiger partial charge in [-0.15, -0.1) is 0 Å². The number of ketones is 1. The molecule has 0 amide bonds. The molecule has 4 saturated carbocycles. The Hall–Kier alpha value is -0.830. The maximum Gasteiger partial charge on any atom is 0.177 e. The maximum absolute atomic E-state index is 13.0. The number of alkyl halides is 1. The second kappa shape index (κ2) is 5.36. The van der Waals surface area contributed by atoms with Gasteiger partial charge in [0.15, 0.2) is 5.78 Å². The lowest BCUT2D eigenvalue weighted by molar-refractivity contribution is -0.0482. The molecule has 1 aromatic rings. The Morgan fingerprint density at radius 2 is 1.59 bits per heavy atom. The highest BCUT2D eigenvalue weighted by atomic mass is 79.9. The number of halogens is 1. The fraction of sp³-hybridized carbons (Fsp3) is 0.632.